The highest BCUT2D eigenvalue weighted by Crippen LogP contribution is 2.39. The lowest BCUT2D eigenvalue weighted by Gasteiger charge is -2.33. The molecule has 124 valence electrons. The molecule has 1 heterocycles. The third kappa shape index (κ3) is 4.39. The summed E-state index contributed by atoms with van der Waals surface area (Å²) in [6.45, 7) is 4.85. The minimum atomic E-state index is -0.318. The summed E-state index contributed by atoms with van der Waals surface area (Å²) in [6, 6.07) is 16.2. The Morgan fingerprint density at radius 2 is 1.87 bits per heavy atom. The molecule has 5 heteroatoms. The van der Waals surface area contributed by atoms with E-state index in [-0.39, 0.29) is 24.8 Å². The monoisotopic (exact) mass is 353 g/mol. The first-order valence-corrected chi connectivity index (χ1v) is 7.91. The molecule has 0 radical (unpaired) electrons. The average molecular weight is 354 g/mol. The Bertz CT molecular complexity index is 634. The van der Waals surface area contributed by atoms with Crippen molar-refractivity contribution in [3.05, 3.63) is 64.7 Å². The zero-order valence-electron chi connectivity index (χ0n) is 13.2. The van der Waals surface area contributed by atoms with Crippen molar-refractivity contribution in [2.24, 2.45) is 0 Å². The summed E-state index contributed by atoms with van der Waals surface area (Å²) in [5, 5.41) is 4.04. The van der Waals surface area contributed by atoms with Gasteiger partial charge in [0.2, 0.25) is 6.29 Å². The molecule has 1 N–H and O–H groups in total. The summed E-state index contributed by atoms with van der Waals surface area (Å²) in [4.78, 5) is 0. The molecule has 0 unspecified atom stereocenters. The maximum Gasteiger partial charge on any atom is 0.213 e. The molecule has 1 aliphatic heterocycles. The van der Waals surface area contributed by atoms with E-state index in [4.69, 9.17) is 21.1 Å². The first-order chi connectivity index (χ1) is 10.6. The maximum absolute atomic E-state index is 6.16. The number of fused-ring (bicyclic) bond motifs is 1. The molecule has 0 fully saturated rings. The van der Waals surface area contributed by atoms with Crippen LogP contribution in [0.1, 0.15) is 31.1 Å². The molecule has 1 aliphatic rings. The normalized spacial score (nSPS) is 19.7. The van der Waals surface area contributed by atoms with E-state index in [1.54, 1.807) is 0 Å². The van der Waals surface area contributed by atoms with Crippen LogP contribution in [0.3, 0.4) is 0 Å². The van der Waals surface area contributed by atoms with E-state index >= 15 is 0 Å². The largest absolute Gasteiger partial charge is 0.463 e. The SMILES string of the molecule is CC(C)NC[C@H]1Oc2ccc(Cl)cc2[C@@H](c2ccccc2)O1.Cl. The maximum atomic E-state index is 6.16. The van der Waals surface area contributed by atoms with Crippen molar-refractivity contribution in [3.63, 3.8) is 0 Å². The second kappa shape index (κ2) is 8.02. The fraction of sp³-hybridized carbons (Fsp3) is 0.333. The number of ether oxygens (including phenoxy) is 2. The van der Waals surface area contributed by atoms with Crippen molar-refractivity contribution in [2.75, 3.05) is 6.54 Å². The van der Waals surface area contributed by atoms with Gasteiger partial charge in [0.15, 0.2) is 0 Å². The van der Waals surface area contributed by atoms with E-state index < -0.39 is 0 Å². The highest BCUT2D eigenvalue weighted by Gasteiger charge is 2.30. The summed E-state index contributed by atoms with van der Waals surface area (Å²) in [7, 11) is 0. The number of hydrogen-bond acceptors (Lipinski definition) is 3. The van der Waals surface area contributed by atoms with Gasteiger partial charge in [-0.25, -0.2) is 0 Å². The molecule has 2 atom stereocenters. The predicted molar refractivity (Wildman–Crippen MR) is 95.6 cm³/mol. The van der Waals surface area contributed by atoms with Gasteiger partial charge in [0.25, 0.3) is 0 Å². The van der Waals surface area contributed by atoms with E-state index in [1.807, 2.05) is 36.4 Å². The Morgan fingerprint density at radius 1 is 1.13 bits per heavy atom. The predicted octanol–water partition coefficient (Wildman–Crippen LogP) is 4.58. The van der Waals surface area contributed by atoms with Gasteiger partial charge in [-0.05, 0) is 23.8 Å². The molecule has 0 bridgehead atoms. The fourth-order valence-corrected chi connectivity index (χ4v) is 2.71. The third-order valence-corrected chi connectivity index (χ3v) is 3.83. The van der Waals surface area contributed by atoms with Crippen LogP contribution >= 0.6 is 24.0 Å². The van der Waals surface area contributed by atoms with Crippen molar-refractivity contribution in [2.45, 2.75) is 32.3 Å². The van der Waals surface area contributed by atoms with Crippen molar-refractivity contribution in [1.29, 1.82) is 0 Å². The van der Waals surface area contributed by atoms with Crippen molar-refractivity contribution < 1.29 is 9.47 Å². The number of benzene rings is 2. The standard InChI is InChI=1S/C18H20ClNO2.ClH/c1-12(2)20-11-17-21-16-9-8-14(19)10-15(16)18(22-17)13-6-4-3-5-7-13;/h3-10,12,17-18,20H,11H2,1-2H3;1H/t17-,18+;/m0./s1. The van der Waals surface area contributed by atoms with Gasteiger partial charge in [-0.1, -0.05) is 55.8 Å². The van der Waals surface area contributed by atoms with Crippen molar-refractivity contribution in [1.82, 2.24) is 5.32 Å². The summed E-state index contributed by atoms with van der Waals surface area (Å²) in [5.74, 6) is 0.833. The Balaban J connectivity index is 0.00000192. The molecular weight excluding hydrogens is 333 g/mol. The Labute approximate surface area is 148 Å². The highest BCUT2D eigenvalue weighted by molar-refractivity contribution is 6.30. The average Bonchev–Trinajstić information content (AvgIpc) is 2.53. The van der Waals surface area contributed by atoms with Crippen LogP contribution < -0.4 is 10.1 Å². The first kappa shape index (κ1) is 18.1. The zero-order chi connectivity index (χ0) is 15.5. The lowest BCUT2D eigenvalue weighted by molar-refractivity contribution is -0.125. The molecule has 2 aromatic carbocycles. The number of nitrogens with one attached hydrogen (secondary N) is 1. The molecule has 0 saturated carbocycles. The topological polar surface area (TPSA) is 30.5 Å². The smallest absolute Gasteiger partial charge is 0.213 e. The van der Waals surface area contributed by atoms with Crippen molar-refractivity contribution >= 4 is 24.0 Å². The summed E-state index contributed by atoms with van der Waals surface area (Å²) < 4.78 is 12.1. The van der Waals surface area contributed by atoms with Gasteiger partial charge in [0.05, 0.1) is 6.54 Å². The molecule has 0 spiro atoms. The molecule has 0 aromatic heterocycles. The van der Waals surface area contributed by atoms with Crippen LogP contribution in [0.5, 0.6) is 5.75 Å². The van der Waals surface area contributed by atoms with Gasteiger partial charge < -0.3 is 14.8 Å². The molecule has 0 saturated heterocycles. The third-order valence-electron chi connectivity index (χ3n) is 3.60. The van der Waals surface area contributed by atoms with E-state index in [2.05, 4.69) is 31.3 Å². The second-order valence-electron chi connectivity index (χ2n) is 5.72. The van der Waals surface area contributed by atoms with E-state index in [0.29, 0.717) is 17.6 Å². The minimum Gasteiger partial charge on any atom is -0.463 e. The van der Waals surface area contributed by atoms with Gasteiger partial charge in [0.1, 0.15) is 11.9 Å². The highest BCUT2D eigenvalue weighted by atomic mass is 35.5. The number of halogens is 2. The first-order valence-electron chi connectivity index (χ1n) is 7.53. The second-order valence-corrected chi connectivity index (χ2v) is 6.16. The van der Waals surface area contributed by atoms with E-state index in [9.17, 15) is 0 Å². The summed E-state index contributed by atoms with van der Waals surface area (Å²) in [5.41, 5.74) is 2.07. The lowest BCUT2D eigenvalue weighted by Crippen LogP contribution is -2.40. The van der Waals surface area contributed by atoms with Gasteiger partial charge in [-0.2, -0.15) is 0 Å². The van der Waals surface area contributed by atoms with Gasteiger partial charge in [-0.15, -0.1) is 12.4 Å². The number of rotatable bonds is 4. The van der Waals surface area contributed by atoms with E-state index in [1.165, 1.54) is 0 Å². The van der Waals surface area contributed by atoms with Crippen molar-refractivity contribution in [3.8, 4) is 5.75 Å². The Kier molecular flexibility index (Phi) is 6.31. The van der Waals surface area contributed by atoms with Crippen LogP contribution in [-0.4, -0.2) is 18.9 Å². The zero-order valence-corrected chi connectivity index (χ0v) is 14.7. The van der Waals surface area contributed by atoms with Crippen LogP contribution in [0.2, 0.25) is 5.02 Å². The quantitative estimate of drug-likeness (QED) is 0.872. The number of hydrogen-bond donors (Lipinski definition) is 1. The van der Waals surface area contributed by atoms with Gasteiger partial charge in [0, 0.05) is 16.6 Å². The van der Waals surface area contributed by atoms with Crippen LogP contribution in [0.15, 0.2) is 48.5 Å². The van der Waals surface area contributed by atoms with Crippen LogP contribution in [0.25, 0.3) is 0 Å². The minimum absolute atomic E-state index is 0. The Morgan fingerprint density at radius 3 is 2.57 bits per heavy atom. The Hall–Kier alpha value is -1.26. The van der Waals surface area contributed by atoms with Gasteiger partial charge in [-0.3, -0.25) is 0 Å². The summed E-state index contributed by atoms with van der Waals surface area (Å²) >= 11 is 6.15. The molecular formula is C18H21Cl2NO2. The van der Waals surface area contributed by atoms with E-state index in [0.717, 1.165) is 16.9 Å². The van der Waals surface area contributed by atoms with Gasteiger partial charge >= 0.3 is 0 Å². The molecule has 0 amide bonds. The lowest BCUT2D eigenvalue weighted by atomic mass is 9.99. The molecule has 3 nitrogen and oxygen atoms in total. The van der Waals surface area contributed by atoms with Crippen LogP contribution in [0.4, 0.5) is 0 Å². The van der Waals surface area contributed by atoms with Crippen LogP contribution in [-0.2, 0) is 4.74 Å². The fourth-order valence-electron chi connectivity index (χ4n) is 2.53. The molecule has 23 heavy (non-hydrogen) atoms. The summed E-state index contributed by atoms with van der Waals surface area (Å²) in [6.07, 6.45) is -0.483. The molecule has 3 rings (SSSR count). The van der Waals surface area contributed by atoms with Crippen LogP contribution in [0, 0.1) is 0 Å². The molecule has 0 aliphatic carbocycles. The molecule has 2 aromatic rings.